The van der Waals surface area contributed by atoms with Crippen LogP contribution >= 0.6 is 0 Å². The average Bonchev–Trinajstić information content (AvgIpc) is 3.51. The third-order valence-corrected chi connectivity index (χ3v) is 10.3. The van der Waals surface area contributed by atoms with Crippen LogP contribution in [-0.2, 0) is 12.8 Å². The van der Waals surface area contributed by atoms with Crippen molar-refractivity contribution in [1.82, 2.24) is 9.55 Å². The van der Waals surface area contributed by atoms with Gasteiger partial charge in [0.25, 0.3) is 0 Å². The van der Waals surface area contributed by atoms with Crippen LogP contribution in [0.25, 0.3) is 50.5 Å². The molecule has 0 radical (unpaired) electrons. The standard InChI is InChI=1S/C48H44N2.C3H6.2C2H6/c1-35-32-43-18-9-4-5-12-21-48(43)50(35)45-20-13-19-38(30-31-45)44-33-46(41-26-22-39(23-27-41)36-14-7-2-3-8-15-36)49-47(34-44)42-28-24-40(25-29-42)37-16-10-6-11-17-37;1-3-2;2*1-2/h2-3,6-7,10-11,14-17,19-20,22-34H,4-5,8-9,12-13,18,21H2,1H3;3H,1H2,2H3;2*1-2H3. The Bertz CT molecular complexity index is 2230. The monoisotopic (exact) mass is 750 g/mol. The van der Waals surface area contributed by atoms with E-state index in [-0.39, 0.29) is 0 Å². The summed E-state index contributed by atoms with van der Waals surface area (Å²) in [6.45, 7) is 15.5. The van der Waals surface area contributed by atoms with E-state index in [9.17, 15) is 0 Å². The van der Waals surface area contributed by atoms with Crippen LogP contribution < -0.4 is 0 Å². The fraction of sp³-hybridized carbons (Fsp3) is 0.255. The number of hydrogen-bond donors (Lipinski definition) is 0. The summed E-state index contributed by atoms with van der Waals surface area (Å²) in [5.41, 5.74) is 17.2. The first kappa shape index (κ1) is 42.4. The molecule has 292 valence electrons. The normalized spacial score (nSPS) is 14.5. The van der Waals surface area contributed by atoms with E-state index in [0.29, 0.717) is 0 Å². The van der Waals surface area contributed by atoms with Crippen molar-refractivity contribution in [2.45, 2.75) is 92.9 Å². The van der Waals surface area contributed by atoms with Gasteiger partial charge in [0.2, 0.25) is 0 Å². The zero-order valence-corrected chi connectivity index (χ0v) is 35.3. The summed E-state index contributed by atoms with van der Waals surface area (Å²) in [4.78, 5) is 5.28. The summed E-state index contributed by atoms with van der Waals surface area (Å²) in [6.07, 6.45) is 31.5. The molecule has 3 aliphatic carbocycles. The summed E-state index contributed by atoms with van der Waals surface area (Å²) in [7, 11) is 0. The molecular weight excluding hydrogens is 689 g/mol. The number of hydrogen-bond acceptors (Lipinski definition) is 1. The zero-order valence-electron chi connectivity index (χ0n) is 35.3. The van der Waals surface area contributed by atoms with Gasteiger partial charge in [0.1, 0.15) is 0 Å². The molecular formula is C55H62N2. The predicted octanol–water partition coefficient (Wildman–Crippen LogP) is 15.9. The van der Waals surface area contributed by atoms with Crippen LogP contribution in [0.1, 0.15) is 101 Å². The fourth-order valence-electron chi connectivity index (χ4n) is 7.65. The first-order valence-corrected chi connectivity index (χ1v) is 21.3. The molecule has 3 aliphatic rings. The minimum absolute atomic E-state index is 0.884. The van der Waals surface area contributed by atoms with Crippen molar-refractivity contribution in [2.75, 3.05) is 0 Å². The van der Waals surface area contributed by atoms with E-state index >= 15 is 0 Å². The number of rotatable bonds is 6. The quantitative estimate of drug-likeness (QED) is 0.158. The molecule has 0 unspecified atom stereocenters. The zero-order chi connectivity index (χ0) is 40.4. The maximum Gasteiger partial charge on any atom is 0.0715 e. The van der Waals surface area contributed by atoms with Crippen molar-refractivity contribution >= 4 is 16.8 Å². The van der Waals surface area contributed by atoms with E-state index in [0.717, 1.165) is 41.8 Å². The topological polar surface area (TPSA) is 17.8 Å². The van der Waals surface area contributed by atoms with Gasteiger partial charge in [0.15, 0.2) is 0 Å². The number of allylic oxidation sites excluding steroid dienone is 13. The Morgan fingerprint density at radius 3 is 1.79 bits per heavy atom. The molecule has 2 nitrogen and oxygen atoms in total. The molecule has 57 heavy (non-hydrogen) atoms. The molecule has 8 rings (SSSR count). The third-order valence-electron chi connectivity index (χ3n) is 10.3. The lowest BCUT2D eigenvalue weighted by Crippen LogP contribution is -2.06. The van der Waals surface area contributed by atoms with Crippen molar-refractivity contribution < 1.29 is 0 Å². The van der Waals surface area contributed by atoms with Crippen molar-refractivity contribution in [3.05, 3.63) is 192 Å². The first-order chi connectivity index (χ1) is 28.1. The molecule has 0 saturated carbocycles. The highest BCUT2D eigenvalue weighted by Gasteiger charge is 2.17. The van der Waals surface area contributed by atoms with Gasteiger partial charge in [0.05, 0.1) is 11.4 Å². The smallest absolute Gasteiger partial charge is 0.0715 e. The maximum atomic E-state index is 5.28. The first-order valence-electron chi connectivity index (χ1n) is 21.3. The summed E-state index contributed by atoms with van der Waals surface area (Å²) in [5.74, 6) is 0. The second-order valence-corrected chi connectivity index (χ2v) is 14.1. The largest absolute Gasteiger partial charge is 0.318 e. The van der Waals surface area contributed by atoms with E-state index in [2.05, 4.69) is 170 Å². The van der Waals surface area contributed by atoms with E-state index < -0.39 is 0 Å². The summed E-state index contributed by atoms with van der Waals surface area (Å²) in [6, 6.07) is 35.3. The van der Waals surface area contributed by atoms with Crippen LogP contribution in [0.2, 0.25) is 0 Å². The molecule has 2 heteroatoms. The lowest BCUT2D eigenvalue weighted by atomic mass is 9.97. The molecule has 0 saturated heterocycles. The second kappa shape index (κ2) is 22.1. The lowest BCUT2D eigenvalue weighted by molar-refractivity contribution is 0.607. The van der Waals surface area contributed by atoms with E-state index in [4.69, 9.17) is 4.98 Å². The number of aromatic nitrogens is 2. The predicted molar refractivity (Wildman–Crippen MR) is 251 cm³/mol. The Balaban J connectivity index is 0.000000835. The van der Waals surface area contributed by atoms with Gasteiger partial charge in [-0.2, -0.15) is 0 Å². The Morgan fingerprint density at radius 2 is 1.12 bits per heavy atom. The molecule has 0 amide bonds. The number of pyridine rings is 1. The fourth-order valence-corrected chi connectivity index (χ4v) is 7.65. The SMILES string of the molecule is C=CC.CC.CC.Cc1cc2c(n1C1=CCC=C(c3cc(-c4ccc(C5=CCC=CC=C5)cc4)nc(-c4ccc(-c5ccccc5)cc4)c3)C=C1)CCCCCC2. The van der Waals surface area contributed by atoms with Crippen molar-refractivity contribution in [1.29, 1.82) is 0 Å². The van der Waals surface area contributed by atoms with Crippen LogP contribution in [0, 0.1) is 6.92 Å². The number of fused-ring (bicyclic) bond motifs is 1. The number of aryl methyl sites for hydroxylation is 2. The van der Waals surface area contributed by atoms with Gasteiger partial charge < -0.3 is 4.57 Å². The highest BCUT2D eigenvalue weighted by molar-refractivity contribution is 5.84. The molecule has 2 heterocycles. The minimum atomic E-state index is 0.884. The van der Waals surface area contributed by atoms with Gasteiger partial charge in [-0.25, -0.2) is 4.98 Å². The molecule has 0 atom stereocenters. The molecule has 2 aromatic heterocycles. The Labute approximate surface area is 344 Å². The second-order valence-electron chi connectivity index (χ2n) is 14.1. The molecule has 0 N–H and O–H groups in total. The van der Waals surface area contributed by atoms with Gasteiger partial charge in [-0.15, -0.1) is 6.58 Å². The third kappa shape index (κ3) is 11.0. The van der Waals surface area contributed by atoms with Gasteiger partial charge >= 0.3 is 0 Å². The van der Waals surface area contributed by atoms with E-state index in [1.807, 2.05) is 34.6 Å². The molecule has 0 aliphatic heterocycles. The van der Waals surface area contributed by atoms with Crippen molar-refractivity contribution in [3.8, 4) is 33.6 Å². The lowest BCUT2D eigenvalue weighted by Gasteiger charge is -2.16. The van der Waals surface area contributed by atoms with E-state index in [1.165, 1.54) is 82.6 Å². The van der Waals surface area contributed by atoms with Crippen LogP contribution in [0.15, 0.2) is 164 Å². The Kier molecular flexibility index (Phi) is 16.5. The van der Waals surface area contributed by atoms with Crippen LogP contribution in [0.3, 0.4) is 0 Å². The van der Waals surface area contributed by atoms with Gasteiger partial charge in [-0.1, -0.05) is 174 Å². The summed E-state index contributed by atoms with van der Waals surface area (Å²) < 4.78 is 2.53. The summed E-state index contributed by atoms with van der Waals surface area (Å²) >= 11 is 0. The van der Waals surface area contributed by atoms with Crippen molar-refractivity contribution in [3.63, 3.8) is 0 Å². The average molecular weight is 751 g/mol. The van der Waals surface area contributed by atoms with Gasteiger partial charge in [-0.05, 0) is 116 Å². The Morgan fingerprint density at radius 1 is 0.561 bits per heavy atom. The number of nitrogens with zero attached hydrogens (tertiary/aromatic N) is 2. The van der Waals surface area contributed by atoms with Gasteiger partial charge in [0, 0.05) is 28.2 Å². The van der Waals surface area contributed by atoms with Crippen molar-refractivity contribution in [2.24, 2.45) is 0 Å². The molecule has 0 fully saturated rings. The molecule has 5 aromatic rings. The highest BCUT2D eigenvalue weighted by atomic mass is 15.0. The molecule has 3 aromatic carbocycles. The highest BCUT2D eigenvalue weighted by Crippen LogP contribution is 2.34. The van der Waals surface area contributed by atoms with Crippen LogP contribution in [0.4, 0.5) is 0 Å². The van der Waals surface area contributed by atoms with Gasteiger partial charge in [-0.3, -0.25) is 0 Å². The maximum absolute atomic E-state index is 5.28. The van der Waals surface area contributed by atoms with Crippen LogP contribution in [0.5, 0.6) is 0 Å². The minimum Gasteiger partial charge on any atom is -0.318 e. The Hall–Kier alpha value is -5.73. The van der Waals surface area contributed by atoms with E-state index in [1.54, 1.807) is 11.6 Å². The number of benzene rings is 3. The summed E-state index contributed by atoms with van der Waals surface area (Å²) in [5, 5.41) is 0. The molecule has 0 spiro atoms. The molecule has 0 bridgehead atoms. The van der Waals surface area contributed by atoms with Crippen LogP contribution in [-0.4, -0.2) is 9.55 Å².